The number of fused-ring (bicyclic) bond motifs is 1. The van der Waals surface area contributed by atoms with Gasteiger partial charge in [0.05, 0.1) is 13.2 Å². The fraction of sp³-hybridized carbons (Fsp3) is 0.458. The molecule has 1 amide bonds. The molecule has 3 aliphatic heterocycles. The highest BCUT2D eigenvalue weighted by molar-refractivity contribution is 5.73. The Balaban J connectivity index is 1.25. The molecular formula is C24H27NO7. The Hall–Kier alpha value is -2.33. The third-order valence-corrected chi connectivity index (χ3v) is 5.94. The van der Waals surface area contributed by atoms with Gasteiger partial charge in [-0.05, 0) is 11.1 Å². The molecular weight excluding hydrogens is 414 g/mol. The minimum atomic E-state index is -1.03. The smallest absolute Gasteiger partial charge is 0.217 e. The van der Waals surface area contributed by atoms with Crippen LogP contribution in [-0.2, 0) is 35.1 Å². The number of aliphatic hydroxyl groups excluding tert-OH is 1. The van der Waals surface area contributed by atoms with Crippen molar-refractivity contribution < 1.29 is 33.6 Å². The summed E-state index contributed by atoms with van der Waals surface area (Å²) in [5.74, 6) is -0.289. The van der Waals surface area contributed by atoms with Gasteiger partial charge in [0.15, 0.2) is 12.6 Å². The molecule has 3 heterocycles. The molecule has 0 aromatic heterocycles. The molecule has 3 fully saturated rings. The summed E-state index contributed by atoms with van der Waals surface area (Å²) >= 11 is 0. The second kappa shape index (κ2) is 9.27. The fourth-order valence-corrected chi connectivity index (χ4v) is 4.30. The van der Waals surface area contributed by atoms with Crippen molar-refractivity contribution in [3.63, 3.8) is 0 Å². The normalized spacial score (nSPS) is 36.2. The van der Waals surface area contributed by atoms with Crippen LogP contribution >= 0.6 is 0 Å². The van der Waals surface area contributed by atoms with Crippen molar-refractivity contribution in [2.75, 3.05) is 6.61 Å². The standard InChI is InChI=1S/C24H27NO7/c1-14(26)25-18-19(27)21-17(30-23(18)28-12-15-8-4-2-5-9-15)13-29-24(32-21)22-20(31-22)16-10-6-3-7-11-16/h2-11,17-24,27H,12-13H2,1H3,(H,25,26)/t17-,18-,19-,20+,21-,22-,23-,24-/m1/s1. The van der Waals surface area contributed by atoms with Gasteiger partial charge in [0, 0.05) is 6.92 Å². The van der Waals surface area contributed by atoms with E-state index in [1.807, 2.05) is 60.7 Å². The lowest BCUT2D eigenvalue weighted by Gasteiger charge is -2.47. The number of rotatable bonds is 6. The third-order valence-electron chi connectivity index (χ3n) is 5.94. The molecule has 8 atom stereocenters. The highest BCUT2D eigenvalue weighted by Gasteiger charge is 2.55. The van der Waals surface area contributed by atoms with Gasteiger partial charge in [-0.2, -0.15) is 0 Å². The molecule has 8 heteroatoms. The monoisotopic (exact) mass is 441 g/mol. The summed E-state index contributed by atoms with van der Waals surface area (Å²) in [6, 6.07) is 18.7. The average molecular weight is 441 g/mol. The van der Waals surface area contributed by atoms with Crippen LogP contribution < -0.4 is 5.32 Å². The summed E-state index contributed by atoms with van der Waals surface area (Å²) in [6.45, 7) is 1.90. The number of epoxide rings is 1. The predicted octanol–water partition coefficient (Wildman–Crippen LogP) is 1.68. The Labute approximate surface area is 186 Å². The van der Waals surface area contributed by atoms with E-state index in [0.717, 1.165) is 11.1 Å². The van der Waals surface area contributed by atoms with Crippen LogP contribution in [0.1, 0.15) is 24.2 Å². The summed E-state index contributed by atoms with van der Waals surface area (Å²) in [5, 5.41) is 13.8. The van der Waals surface area contributed by atoms with Gasteiger partial charge in [-0.3, -0.25) is 4.79 Å². The van der Waals surface area contributed by atoms with Crippen LogP contribution in [0.25, 0.3) is 0 Å². The van der Waals surface area contributed by atoms with Crippen molar-refractivity contribution in [1.29, 1.82) is 0 Å². The van der Waals surface area contributed by atoms with Gasteiger partial charge in [0.2, 0.25) is 5.91 Å². The van der Waals surface area contributed by atoms with Crippen molar-refractivity contribution in [3.05, 3.63) is 71.8 Å². The molecule has 170 valence electrons. The first-order chi connectivity index (χ1) is 15.6. The van der Waals surface area contributed by atoms with Gasteiger partial charge in [-0.25, -0.2) is 0 Å². The molecule has 8 nitrogen and oxygen atoms in total. The minimum Gasteiger partial charge on any atom is -0.388 e. The van der Waals surface area contributed by atoms with Crippen molar-refractivity contribution in [1.82, 2.24) is 5.32 Å². The Morgan fingerprint density at radius 3 is 2.47 bits per heavy atom. The SMILES string of the molecule is CC(=O)N[C@H]1[C@H](OCc2ccccc2)O[C@@H]2CO[C@@H]([C@@H]3O[C@H]3c3ccccc3)O[C@H]2[C@@H]1O. The molecule has 0 unspecified atom stereocenters. The van der Waals surface area contributed by atoms with Crippen LogP contribution in [-0.4, -0.2) is 60.7 Å². The molecule has 2 aromatic carbocycles. The van der Waals surface area contributed by atoms with Gasteiger partial charge >= 0.3 is 0 Å². The van der Waals surface area contributed by atoms with E-state index >= 15 is 0 Å². The maximum absolute atomic E-state index is 11.8. The van der Waals surface area contributed by atoms with Crippen LogP contribution in [0.4, 0.5) is 0 Å². The lowest BCUT2D eigenvalue weighted by atomic mass is 9.95. The number of nitrogens with one attached hydrogen (secondary N) is 1. The highest BCUT2D eigenvalue weighted by Crippen LogP contribution is 2.44. The lowest BCUT2D eigenvalue weighted by molar-refractivity contribution is -0.345. The van der Waals surface area contributed by atoms with E-state index in [-0.39, 0.29) is 31.3 Å². The van der Waals surface area contributed by atoms with Crippen LogP contribution in [0, 0.1) is 0 Å². The Kier molecular flexibility index (Phi) is 6.23. The van der Waals surface area contributed by atoms with Crippen molar-refractivity contribution in [2.24, 2.45) is 0 Å². The molecule has 0 radical (unpaired) electrons. The zero-order valence-corrected chi connectivity index (χ0v) is 17.7. The fourth-order valence-electron chi connectivity index (χ4n) is 4.30. The molecule has 2 N–H and O–H groups in total. The zero-order valence-electron chi connectivity index (χ0n) is 17.7. The summed E-state index contributed by atoms with van der Waals surface area (Å²) in [4.78, 5) is 11.8. The van der Waals surface area contributed by atoms with Gasteiger partial charge < -0.3 is 34.1 Å². The molecule has 0 aliphatic carbocycles. The number of hydrogen-bond donors (Lipinski definition) is 2. The number of amides is 1. The molecule has 32 heavy (non-hydrogen) atoms. The van der Waals surface area contributed by atoms with E-state index < -0.39 is 36.9 Å². The Bertz CT molecular complexity index is 911. The summed E-state index contributed by atoms with van der Waals surface area (Å²) < 4.78 is 29.7. The van der Waals surface area contributed by atoms with Crippen molar-refractivity contribution in [2.45, 2.75) is 62.7 Å². The number of carbonyl (C=O) groups is 1. The number of hydrogen-bond acceptors (Lipinski definition) is 7. The molecule has 0 spiro atoms. The van der Waals surface area contributed by atoms with Crippen LogP contribution in [0.3, 0.4) is 0 Å². The lowest BCUT2D eigenvalue weighted by Crippen LogP contribution is -2.67. The average Bonchev–Trinajstić information content (AvgIpc) is 3.62. The molecule has 0 saturated carbocycles. The predicted molar refractivity (Wildman–Crippen MR) is 112 cm³/mol. The minimum absolute atomic E-state index is 0.104. The van der Waals surface area contributed by atoms with Gasteiger partial charge in [-0.1, -0.05) is 60.7 Å². The first kappa shape index (κ1) is 21.5. The van der Waals surface area contributed by atoms with Crippen LogP contribution in [0.15, 0.2) is 60.7 Å². The quantitative estimate of drug-likeness (QED) is 0.658. The Morgan fingerprint density at radius 1 is 1.03 bits per heavy atom. The maximum atomic E-state index is 11.8. The highest BCUT2D eigenvalue weighted by atomic mass is 16.8. The zero-order chi connectivity index (χ0) is 22.1. The van der Waals surface area contributed by atoms with E-state index in [1.54, 1.807) is 0 Å². The second-order valence-corrected chi connectivity index (χ2v) is 8.29. The van der Waals surface area contributed by atoms with E-state index in [0.29, 0.717) is 0 Å². The molecule has 0 bridgehead atoms. The third kappa shape index (κ3) is 4.56. The van der Waals surface area contributed by atoms with Crippen molar-refractivity contribution in [3.8, 4) is 0 Å². The topological polar surface area (TPSA) is 98.8 Å². The Morgan fingerprint density at radius 2 is 1.75 bits per heavy atom. The van der Waals surface area contributed by atoms with Gasteiger partial charge in [0.25, 0.3) is 0 Å². The molecule has 2 aromatic rings. The van der Waals surface area contributed by atoms with Crippen LogP contribution in [0.2, 0.25) is 0 Å². The number of benzene rings is 2. The number of ether oxygens (including phenoxy) is 5. The summed E-state index contributed by atoms with van der Waals surface area (Å²) in [7, 11) is 0. The number of carbonyl (C=O) groups excluding carboxylic acids is 1. The molecule has 3 saturated heterocycles. The van der Waals surface area contributed by atoms with E-state index in [2.05, 4.69) is 5.32 Å². The van der Waals surface area contributed by atoms with E-state index in [1.165, 1.54) is 6.92 Å². The molecule has 5 rings (SSSR count). The van der Waals surface area contributed by atoms with Gasteiger partial charge in [-0.15, -0.1) is 0 Å². The van der Waals surface area contributed by atoms with E-state index in [9.17, 15) is 9.90 Å². The first-order valence-electron chi connectivity index (χ1n) is 10.8. The largest absolute Gasteiger partial charge is 0.388 e. The first-order valence-corrected chi connectivity index (χ1v) is 10.8. The van der Waals surface area contributed by atoms with Crippen LogP contribution in [0.5, 0.6) is 0 Å². The number of aliphatic hydroxyl groups is 1. The van der Waals surface area contributed by atoms with Crippen molar-refractivity contribution >= 4 is 5.91 Å². The second-order valence-electron chi connectivity index (χ2n) is 8.29. The summed E-state index contributed by atoms with van der Waals surface area (Å²) in [6.07, 6.45) is -4.06. The maximum Gasteiger partial charge on any atom is 0.217 e. The van der Waals surface area contributed by atoms with E-state index in [4.69, 9.17) is 23.7 Å². The molecule has 3 aliphatic rings. The summed E-state index contributed by atoms with van der Waals surface area (Å²) in [5.41, 5.74) is 2.01. The van der Waals surface area contributed by atoms with Gasteiger partial charge in [0.1, 0.15) is 36.6 Å².